The summed E-state index contributed by atoms with van der Waals surface area (Å²) in [5.41, 5.74) is 4.08. The predicted octanol–water partition coefficient (Wildman–Crippen LogP) is -2.17. The molecule has 155 valence electrons. The maximum absolute atomic E-state index is 12.9. The fourth-order valence-corrected chi connectivity index (χ4v) is 14.1. The number of rotatable bonds is 2. The van der Waals surface area contributed by atoms with Crippen LogP contribution in [0.4, 0.5) is 0 Å². The first kappa shape index (κ1) is 21.3. The van der Waals surface area contributed by atoms with Crippen LogP contribution in [0.2, 0.25) is 11.1 Å². The van der Waals surface area contributed by atoms with E-state index in [2.05, 4.69) is 28.1 Å². The van der Waals surface area contributed by atoms with E-state index < -0.39 is 0 Å². The molecule has 29 heavy (non-hydrogen) atoms. The minimum absolute atomic E-state index is 0. The van der Waals surface area contributed by atoms with Gasteiger partial charge in [0.2, 0.25) is 0 Å². The molecule has 0 bridgehead atoms. The van der Waals surface area contributed by atoms with Crippen LogP contribution in [0.1, 0.15) is 57.8 Å². The van der Waals surface area contributed by atoms with Crippen molar-refractivity contribution in [3.8, 4) is 0 Å². The average molecular weight is 483 g/mol. The Labute approximate surface area is 201 Å². The average Bonchev–Trinajstić information content (AvgIpc) is 3.61. The smallest absolute Gasteiger partial charge is 1.00 e. The van der Waals surface area contributed by atoms with Gasteiger partial charge in [-0.25, -0.2) is 0 Å². The van der Waals surface area contributed by atoms with E-state index in [1.165, 1.54) is 57.8 Å². The monoisotopic (exact) mass is 482 g/mol. The van der Waals surface area contributed by atoms with E-state index in [1.54, 1.807) is 0 Å². The van der Waals surface area contributed by atoms with E-state index in [-0.39, 0.29) is 39.7 Å². The van der Waals surface area contributed by atoms with Crippen molar-refractivity contribution in [3.05, 3.63) is 24.3 Å². The van der Waals surface area contributed by atoms with Crippen molar-refractivity contribution >= 4 is 15.4 Å². The third kappa shape index (κ3) is 1.94. The molecule has 9 atom stereocenters. The number of allylic oxidation sites excluding steroid dienone is 4. The Kier molecular flexibility index (Phi) is 4.78. The molecule has 0 aromatic heterocycles. The minimum Gasteiger partial charge on any atom is -1.00 e. The van der Waals surface area contributed by atoms with Crippen LogP contribution < -0.4 is 28.6 Å². The van der Waals surface area contributed by atoms with Gasteiger partial charge in [0.05, 0.1) is 0 Å². The van der Waals surface area contributed by atoms with Gasteiger partial charge in [0.25, 0.3) is 0 Å². The molecule has 2 nitrogen and oxygen atoms in total. The van der Waals surface area contributed by atoms with E-state index in [9.17, 15) is 4.79 Å². The zero-order valence-electron chi connectivity index (χ0n) is 16.9. The second-order valence-corrected chi connectivity index (χ2v) is 13.7. The molecule has 6 heteroatoms. The number of halogens is 2. The van der Waals surface area contributed by atoms with Crippen LogP contribution in [-0.2, 0) is 25.5 Å². The summed E-state index contributed by atoms with van der Waals surface area (Å²) in [6.07, 6.45) is 22.3. The Morgan fingerprint density at radius 1 is 0.931 bits per heavy atom. The van der Waals surface area contributed by atoms with Gasteiger partial charge in [0.1, 0.15) is 0 Å². The molecule has 5 saturated carbocycles. The molecule has 0 aromatic carbocycles. The summed E-state index contributed by atoms with van der Waals surface area (Å²) in [7, 11) is -0.0260. The van der Waals surface area contributed by atoms with Crippen LogP contribution in [0, 0.1) is 39.4 Å². The fourth-order valence-electron chi connectivity index (χ4n) is 10.3. The number of fused-ring (bicyclic) bond motifs is 2. The molecule has 6 fully saturated rings. The molecular weight excluding hydrogens is 453 g/mol. The molecule has 1 N–H and O–H groups in total. The third-order valence-electron chi connectivity index (χ3n) is 10.8. The SMILES string of the molecule is O=C([NH][Ti+2])C12CCCCCCCCC3(C4CC5C=CC=CC5[SiH2]4)C4C15C2C435.[Cl-].[Cl-]. The summed E-state index contributed by atoms with van der Waals surface area (Å²) in [4.78, 5) is 12.9. The van der Waals surface area contributed by atoms with Crippen LogP contribution in [0.3, 0.4) is 0 Å². The van der Waals surface area contributed by atoms with Crippen molar-refractivity contribution in [2.45, 2.75) is 68.9 Å². The van der Waals surface area contributed by atoms with E-state index in [4.69, 9.17) is 0 Å². The Hall–Kier alpha value is 0.461. The molecule has 7 aliphatic rings. The summed E-state index contributed by atoms with van der Waals surface area (Å²) < 4.78 is 3.08. The van der Waals surface area contributed by atoms with Crippen LogP contribution in [0.25, 0.3) is 0 Å². The van der Waals surface area contributed by atoms with E-state index >= 15 is 0 Å². The van der Waals surface area contributed by atoms with Gasteiger partial charge in [0, 0.05) is 0 Å². The fraction of sp³-hybridized carbons (Fsp3) is 0.783. The van der Waals surface area contributed by atoms with Crippen molar-refractivity contribution < 1.29 is 50.3 Å². The van der Waals surface area contributed by atoms with E-state index in [1.807, 2.05) is 20.7 Å². The molecule has 9 unspecified atom stereocenters. The normalized spacial score (nSPS) is 57.5. The summed E-state index contributed by atoms with van der Waals surface area (Å²) in [5, 5.41) is 0. The van der Waals surface area contributed by atoms with Gasteiger partial charge in [-0.05, 0) is 0 Å². The van der Waals surface area contributed by atoms with Gasteiger partial charge >= 0.3 is 177 Å². The van der Waals surface area contributed by atoms with Gasteiger partial charge in [-0.2, -0.15) is 0 Å². The van der Waals surface area contributed by atoms with Gasteiger partial charge < -0.3 is 24.8 Å². The first-order valence-corrected chi connectivity index (χ1v) is 14.0. The van der Waals surface area contributed by atoms with Crippen LogP contribution >= 0.6 is 0 Å². The second-order valence-electron chi connectivity index (χ2n) is 11.0. The quantitative estimate of drug-likeness (QED) is 0.446. The van der Waals surface area contributed by atoms with Gasteiger partial charge in [-0.15, -0.1) is 0 Å². The Balaban J connectivity index is 0.000000907. The Bertz CT molecular complexity index is 801. The maximum Gasteiger partial charge on any atom is -1.00 e. The number of carbonyl (C=O) groups excluding carboxylic acids is 1. The summed E-state index contributed by atoms with van der Waals surface area (Å²) in [5.74, 6) is 3.07. The van der Waals surface area contributed by atoms with Crippen molar-refractivity contribution in [2.75, 3.05) is 0 Å². The van der Waals surface area contributed by atoms with Gasteiger partial charge in [0.15, 0.2) is 0 Å². The third-order valence-corrected chi connectivity index (χ3v) is 14.2. The zero-order valence-corrected chi connectivity index (χ0v) is 21.4. The predicted molar refractivity (Wildman–Crippen MR) is 104 cm³/mol. The summed E-state index contributed by atoms with van der Waals surface area (Å²) in [6, 6.07) is 0. The van der Waals surface area contributed by atoms with Crippen LogP contribution in [-0.4, -0.2) is 15.4 Å². The molecule has 0 aromatic rings. The molecule has 1 heterocycles. The zero-order chi connectivity index (χ0) is 18.1. The first-order chi connectivity index (χ1) is 13.2. The largest absolute Gasteiger partial charge is 1.00 e. The minimum atomic E-state index is -0.0260. The van der Waals surface area contributed by atoms with Gasteiger partial charge in [-0.3, -0.25) is 0 Å². The molecule has 1 saturated heterocycles. The molecule has 1 aliphatic heterocycles. The van der Waals surface area contributed by atoms with Crippen LogP contribution in [0.5, 0.6) is 0 Å². The molecule has 0 radical (unpaired) electrons. The van der Waals surface area contributed by atoms with Crippen molar-refractivity contribution in [2.24, 2.45) is 39.4 Å². The number of hydrogen-bond donors (Lipinski definition) is 1. The number of carbonyl (C=O) groups is 1. The molecule has 7 rings (SSSR count). The van der Waals surface area contributed by atoms with Crippen molar-refractivity contribution in [1.29, 1.82) is 0 Å². The van der Waals surface area contributed by atoms with Gasteiger partial charge in [-0.1, -0.05) is 0 Å². The second kappa shape index (κ2) is 6.50. The molecular formula is C23H30Cl2NOSiTi. The number of nitrogens with one attached hydrogen (secondary N) is 1. The van der Waals surface area contributed by atoms with E-state index in [0.29, 0.717) is 16.7 Å². The Morgan fingerprint density at radius 2 is 1.62 bits per heavy atom. The first-order valence-electron chi connectivity index (χ1n) is 11.6. The topological polar surface area (TPSA) is 29.1 Å². The number of amides is 1. The van der Waals surface area contributed by atoms with Crippen molar-refractivity contribution in [1.82, 2.24) is 3.80 Å². The molecule has 6 aliphatic carbocycles. The van der Waals surface area contributed by atoms with Crippen molar-refractivity contribution in [3.63, 3.8) is 0 Å². The molecule has 1 amide bonds. The maximum atomic E-state index is 12.9. The van der Waals surface area contributed by atoms with Crippen LogP contribution in [0.15, 0.2) is 24.3 Å². The van der Waals surface area contributed by atoms with E-state index in [0.717, 1.165) is 34.3 Å². The standard InChI is InChI=1S/C23H31NOSi.2ClH.Ti/c24-19(25)21-12-8-4-2-1-3-7-11-20(17-22(20)18(21)23(17,21)22)16-13-14-9-5-6-10-15(14)26-16;;;/h5-6,9-10,14-18H,1-4,7-8,11-13,26H2,(H2,24,25);2*1H;/q;;;+3/p-3. The Morgan fingerprint density at radius 3 is 2.28 bits per heavy atom. The number of hydrogen-bond acceptors (Lipinski definition) is 1. The summed E-state index contributed by atoms with van der Waals surface area (Å²) in [6.45, 7) is 0. The summed E-state index contributed by atoms with van der Waals surface area (Å²) >= 11 is 1.88. The molecule has 2 spiro atoms.